The van der Waals surface area contributed by atoms with E-state index in [1.165, 1.54) is 0 Å². The molecular formula is C27H27O3P. The standard InChI is InChI=1S/C27H27O3P/c1-4-7-19-16-22(10-13-25(19)28)31(23-11-14-26(29)20(17-23)8-5-2)24-12-15-27(30)21(18-24)9-6-3/h4-6,10-18,28-30H,1-3,7-9H2. The predicted molar refractivity (Wildman–Crippen MR) is 132 cm³/mol. The van der Waals surface area contributed by atoms with E-state index in [2.05, 4.69) is 19.7 Å². The van der Waals surface area contributed by atoms with E-state index in [0.717, 1.165) is 32.6 Å². The van der Waals surface area contributed by atoms with E-state index in [-0.39, 0.29) is 17.2 Å². The maximum absolute atomic E-state index is 10.3. The Kier molecular flexibility index (Phi) is 7.33. The number of allylic oxidation sites excluding steroid dienone is 3. The fourth-order valence-corrected chi connectivity index (χ4v) is 5.96. The number of rotatable bonds is 9. The monoisotopic (exact) mass is 430 g/mol. The van der Waals surface area contributed by atoms with Crippen molar-refractivity contribution in [1.82, 2.24) is 0 Å². The van der Waals surface area contributed by atoms with Crippen molar-refractivity contribution in [3.05, 3.63) is 109 Å². The van der Waals surface area contributed by atoms with Crippen molar-refractivity contribution in [3.63, 3.8) is 0 Å². The Hall–Kier alpha value is -3.29. The van der Waals surface area contributed by atoms with E-state index in [9.17, 15) is 15.3 Å². The SMILES string of the molecule is C=CCc1cc(P(c2ccc(O)c(CC=C)c2)c2ccc(O)c(CC=C)c2)ccc1O. The van der Waals surface area contributed by atoms with Crippen LogP contribution in [0.1, 0.15) is 16.7 Å². The second-order valence-electron chi connectivity index (χ2n) is 7.25. The van der Waals surface area contributed by atoms with Crippen LogP contribution < -0.4 is 15.9 Å². The van der Waals surface area contributed by atoms with Gasteiger partial charge in [-0.15, -0.1) is 19.7 Å². The average Bonchev–Trinajstić information content (AvgIpc) is 2.75. The third-order valence-corrected chi connectivity index (χ3v) is 7.44. The lowest BCUT2D eigenvalue weighted by molar-refractivity contribution is 0.469. The molecule has 0 amide bonds. The van der Waals surface area contributed by atoms with Gasteiger partial charge in [-0.05, 0) is 96.2 Å². The van der Waals surface area contributed by atoms with E-state index >= 15 is 0 Å². The van der Waals surface area contributed by atoms with Crippen LogP contribution in [0.4, 0.5) is 0 Å². The fraction of sp³-hybridized carbons (Fsp3) is 0.111. The number of phenolic OH excluding ortho intramolecular Hbond substituents is 3. The minimum Gasteiger partial charge on any atom is -0.508 e. The van der Waals surface area contributed by atoms with Crippen LogP contribution in [0.5, 0.6) is 17.2 Å². The van der Waals surface area contributed by atoms with Crippen molar-refractivity contribution in [2.75, 3.05) is 0 Å². The van der Waals surface area contributed by atoms with Crippen LogP contribution in [-0.2, 0) is 19.3 Å². The molecule has 0 aliphatic rings. The first-order chi connectivity index (χ1) is 15.0. The Balaban J connectivity index is 2.22. The van der Waals surface area contributed by atoms with Gasteiger partial charge in [0.05, 0.1) is 0 Å². The molecule has 3 N–H and O–H groups in total. The maximum atomic E-state index is 10.3. The van der Waals surface area contributed by atoms with Crippen molar-refractivity contribution in [3.8, 4) is 17.2 Å². The number of hydrogen-bond donors (Lipinski definition) is 3. The number of aromatic hydroxyl groups is 3. The van der Waals surface area contributed by atoms with Crippen molar-refractivity contribution in [2.45, 2.75) is 19.3 Å². The van der Waals surface area contributed by atoms with E-state index in [1.807, 2.05) is 36.4 Å². The minimum atomic E-state index is -1.00. The lowest BCUT2D eigenvalue weighted by Crippen LogP contribution is -2.22. The molecule has 3 rings (SSSR count). The molecule has 0 aliphatic carbocycles. The van der Waals surface area contributed by atoms with E-state index in [4.69, 9.17) is 0 Å². The molecule has 0 unspecified atom stereocenters. The molecular weight excluding hydrogens is 403 g/mol. The van der Waals surface area contributed by atoms with Crippen molar-refractivity contribution < 1.29 is 15.3 Å². The van der Waals surface area contributed by atoms with Crippen LogP contribution in [-0.4, -0.2) is 15.3 Å². The second kappa shape index (κ2) is 10.1. The van der Waals surface area contributed by atoms with Gasteiger partial charge in [-0.3, -0.25) is 0 Å². The molecule has 0 radical (unpaired) electrons. The summed E-state index contributed by atoms with van der Waals surface area (Å²) >= 11 is 0. The van der Waals surface area contributed by atoms with Gasteiger partial charge in [0.15, 0.2) is 0 Å². The minimum absolute atomic E-state index is 0.245. The summed E-state index contributed by atoms with van der Waals surface area (Å²) in [6.07, 6.45) is 7.01. The summed E-state index contributed by atoms with van der Waals surface area (Å²) in [7, 11) is -1.00. The summed E-state index contributed by atoms with van der Waals surface area (Å²) in [5.74, 6) is 0.735. The first kappa shape index (κ1) is 22.4. The quantitative estimate of drug-likeness (QED) is 0.339. The van der Waals surface area contributed by atoms with Gasteiger partial charge in [-0.2, -0.15) is 0 Å². The molecule has 0 atom stereocenters. The summed E-state index contributed by atoms with van der Waals surface area (Å²) in [6, 6.07) is 17.0. The molecule has 4 heteroatoms. The van der Waals surface area contributed by atoms with Gasteiger partial charge < -0.3 is 15.3 Å². The number of hydrogen-bond acceptors (Lipinski definition) is 3. The van der Waals surface area contributed by atoms with Crippen molar-refractivity contribution >= 4 is 23.8 Å². The molecule has 0 saturated heterocycles. The summed E-state index contributed by atoms with van der Waals surface area (Å²) < 4.78 is 0. The molecule has 0 heterocycles. The van der Waals surface area contributed by atoms with Gasteiger partial charge in [0.2, 0.25) is 0 Å². The topological polar surface area (TPSA) is 60.7 Å². The summed E-state index contributed by atoms with van der Waals surface area (Å²) in [4.78, 5) is 0. The normalized spacial score (nSPS) is 10.7. The highest BCUT2D eigenvalue weighted by atomic mass is 31.1. The average molecular weight is 430 g/mol. The highest BCUT2D eigenvalue weighted by molar-refractivity contribution is 7.79. The van der Waals surface area contributed by atoms with Gasteiger partial charge in [0.1, 0.15) is 17.2 Å². The van der Waals surface area contributed by atoms with Gasteiger partial charge in [0.25, 0.3) is 0 Å². The van der Waals surface area contributed by atoms with Crippen LogP contribution in [0, 0.1) is 0 Å². The maximum Gasteiger partial charge on any atom is 0.119 e. The second-order valence-corrected chi connectivity index (χ2v) is 9.47. The summed E-state index contributed by atoms with van der Waals surface area (Å²) in [5, 5.41) is 34.0. The molecule has 0 spiro atoms. The molecule has 3 aromatic rings. The molecule has 0 fully saturated rings. The van der Waals surface area contributed by atoms with Crippen LogP contribution >= 0.6 is 7.92 Å². The first-order valence-electron chi connectivity index (χ1n) is 10.1. The Morgan fingerprint density at radius 1 is 0.548 bits per heavy atom. The molecule has 0 bridgehead atoms. The van der Waals surface area contributed by atoms with E-state index < -0.39 is 7.92 Å². The Morgan fingerprint density at radius 3 is 1.10 bits per heavy atom. The van der Waals surface area contributed by atoms with Gasteiger partial charge in [-0.25, -0.2) is 0 Å². The third kappa shape index (κ3) is 5.07. The van der Waals surface area contributed by atoms with Crippen LogP contribution in [0.25, 0.3) is 0 Å². The molecule has 0 aliphatic heterocycles. The third-order valence-electron chi connectivity index (χ3n) is 5.06. The first-order valence-corrected chi connectivity index (χ1v) is 11.4. The Morgan fingerprint density at radius 2 is 0.839 bits per heavy atom. The zero-order valence-corrected chi connectivity index (χ0v) is 18.4. The van der Waals surface area contributed by atoms with Crippen molar-refractivity contribution in [2.24, 2.45) is 0 Å². The highest BCUT2D eigenvalue weighted by Gasteiger charge is 2.20. The molecule has 158 valence electrons. The summed E-state index contributed by atoms with van der Waals surface area (Å²) in [5.41, 5.74) is 2.44. The largest absolute Gasteiger partial charge is 0.508 e. The Labute approximate surface area is 185 Å². The van der Waals surface area contributed by atoms with E-state index in [0.29, 0.717) is 19.3 Å². The number of benzene rings is 3. The fourth-order valence-electron chi connectivity index (χ4n) is 3.54. The van der Waals surface area contributed by atoms with Crippen molar-refractivity contribution in [1.29, 1.82) is 0 Å². The summed E-state index contributed by atoms with van der Waals surface area (Å²) in [6.45, 7) is 11.4. The van der Waals surface area contributed by atoms with Crippen LogP contribution in [0.15, 0.2) is 92.6 Å². The van der Waals surface area contributed by atoms with Gasteiger partial charge in [-0.1, -0.05) is 36.4 Å². The predicted octanol–water partition coefficient (Wildman–Crippen LogP) is 4.75. The highest BCUT2D eigenvalue weighted by Crippen LogP contribution is 2.37. The van der Waals surface area contributed by atoms with E-state index in [1.54, 1.807) is 36.4 Å². The molecule has 3 nitrogen and oxygen atoms in total. The zero-order chi connectivity index (χ0) is 22.4. The molecule has 31 heavy (non-hydrogen) atoms. The smallest absolute Gasteiger partial charge is 0.119 e. The number of phenols is 3. The molecule has 0 aromatic heterocycles. The lowest BCUT2D eigenvalue weighted by atomic mass is 10.1. The Bertz CT molecular complexity index is 976. The van der Waals surface area contributed by atoms with Crippen LogP contribution in [0.3, 0.4) is 0 Å². The molecule has 0 saturated carbocycles. The zero-order valence-electron chi connectivity index (χ0n) is 17.5. The molecule has 3 aromatic carbocycles. The van der Waals surface area contributed by atoms with Gasteiger partial charge >= 0.3 is 0 Å². The lowest BCUT2D eigenvalue weighted by Gasteiger charge is -2.22. The van der Waals surface area contributed by atoms with Gasteiger partial charge in [0, 0.05) is 0 Å². The van der Waals surface area contributed by atoms with Crippen LogP contribution in [0.2, 0.25) is 0 Å².